The molecule has 108 valence electrons. The van der Waals surface area contributed by atoms with E-state index >= 15 is 0 Å². The first-order chi connectivity index (χ1) is 9.56. The van der Waals surface area contributed by atoms with Gasteiger partial charge in [0.05, 0.1) is 13.2 Å². The van der Waals surface area contributed by atoms with Crippen LogP contribution in [0.5, 0.6) is 5.75 Å². The third kappa shape index (κ3) is 3.37. The van der Waals surface area contributed by atoms with Crippen molar-refractivity contribution < 1.29 is 4.74 Å². The fourth-order valence-electron chi connectivity index (χ4n) is 2.11. The molecular formula is C15H17BrClNOS. The van der Waals surface area contributed by atoms with Crippen LogP contribution in [0, 0.1) is 6.92 Å². The fraction of sp³-hybridized carbons (Fsp3) is 0.333. The van der Waals surface area contributed by atoms with E-state index in [1.807, 2.05) is 6.92 Å². The van der Waals surface area contributed by atoms with Crippen LogP contribution in [-0.2, 0) is 0 Å². The Labute approximate surface area is 137 Å². The number of rotatable bonds is 5. The van der Waals surface area contributed by atoms with Crippen molar-refractivity contribution in [3.05, 3.63) is 49.1 Å². The van der Waals surface area contributed by atoms with Crippen LogP contribution in [0.1, 0.15) is 29.0 Å². The van der Waals surface area contributed by atoms with Crippen LogP contribution in [0.25, 0.3) is 0 Å². The Kier molecular flexibility index (Phi) is 5.49. The van der Waals surface area contributed by atoms with Crippen LogP contribution in [-0.4, -0.2) is 13.7 Å². The van der Waals surface area contributed by atoms with Gasteiger partial charge in [0.2, 0.25) is 0 Å². The van der Waals surface area contributed by atoms with E-state index in [4.69, 9.17) is 16.3 Å². The maximum absolute atomic E-state index is 6.16. The highest BCUT2D eigenvalue weighted by Gasteiger charge is 2.18. The average Bonchev–Trinajstić information content (AvgIpc) is 2.76. The molecule has 1 atom stereocenters. The van der Waals surface area contributed by atoms with E-state index in [0.29, 0.717) is 0 Å². The van der Waals surface area contributed by atoms with Crippen LogP contribution in [0.2, 0.25) is 4.34 Å². The van der Waals surface area contributed by atoms with Gasteiger partial charge in [0.15, 0.2) is 0 Å². The highest BCUT2D eigenvalue weighted by atomic mass is 79.9. The molecule has 0 radical (unpaired) electrons. The molecule has 0 saturated heterocycles. The molecule has 0 aliphatic carbocycles. The molecule has 20 heavy (non-hydrogen) atoms. The molecule has 1 heterocycles. The van der Waals surface area contributed by atoms with Crippen molar-refractivity contribution in [1.82, 2.24) is 5.32 Å². The second kappa shape index (κ2) is 6.94. The van der Waals surface area contributed by atoms with Crippen LogP contribution < -0.4 is 10.1 Å². The zero-order valence-corrected chi connectivity index (χ0v) is 14.8. The molecule has 1 N–H and O–H groups in total. The summed E-state index contributed by atoms with van der Waals surface area (Å²) in [6.45, 7) is 5.03. The molecular weight excluding hydrogens is 358 g/mol. The molecule has 2 rings (SSSR count). The smallest absolute Gasteiger partial charge is 0.122 e. The topological polar surface area (TPSA) is 21.3 Å². The Bertz CT molecular complexity index is 580. The zero-order chi connectivity index (χ0) is 14.7. The van der Waals surface area contributed by atoms with E-state index in [1.165, 1.54) is 10.4 Å². The van der Waals surface area contributed by atoms with Gasteiger partial charge in [0.1, 0.15) is 10.1 Å². The summed E-state index contributed by atoms with van der Waals surface area (Å²) >= 11 is 11.2. The van der Waals surface area contributed by atoms with Crippen molar-refractivity contribution >= 4 is 38.9 Å². The predicted octanol–water partition coefficient (Wildman–Crippen LogP) is 5.18. The maximum Gasteiger partial charge on any atom is 0.122 e. The number of nitrogens with one attached hydrogen (secondary N) is 1. The third-order valence-electron chi connectivity index (χ3n) is 3.12. The number of hydrogen-bond donors (Lipinski definition) is 1. The van der Waals surface area contributed by atoms with Crippen molar-refractivity contribution in [3.8, 4) is 5.75 Å². The molecule has 1 unspecified atom stereocenters. The van der Waals surface area contributed by atoms with Gasteiger partial charge in [-0.1, -0.05) is 30.7 Å². The highest BCUT2D eigenvalue weighted by molar-refractivity contribution is 9.10. The number of thiophene rings is 1. The summed E-state index contributed by atoms with van der Waals surface area (Å²) in [5.74, 6) is 0.909. The zero-order valence-electron chi connectivity index (χ0n) is 11.7. The van der Waals surface area contributed by atoms with E-state index in [2.05, 4.69) is 52.4 Å². The van der Waals surface area contributed by atoms with Gasteiger partial charge >= 0.3 is 0 Å². The predicted molar refractivity (Wildman–Crippen MR) is 90.3 cm³/mol. The quantitative estimate of drug-likeness (QED) is 0.778. The molecule has 1 aromatic heterocycles. The SMILES string of the molecule is CCNC(c1ccc(C)c(OC)c1)c1cc(Br)c(Cl)s1. The lowest BCUT2D eigenvalue weighted by Crippen LogP contribution is -2.21. The standard InChI is InChI=1S/C15H17BrClNOS/c1-4-18-14(13-8-11(16)15(17)20-13)10-6-5-9(2)12(7-10)19-3/h5-8,14,18H,4H2,1-3H3. The molecule has 0 aliphatic rings. The Hall–Kier alpha value is -0.550. The van der Waals surface area contributed by atoms with Gasteiger partial charge in [0, 0.05) is 9.35 Å². The maximum atomic E-state index is 6.16. The molecule has 0 aliphatic heterocycles. The average molecular weight is 375 g/mol. The summed E-state index contributed by atoms with van der Waals surface area (Å²) in [6, 6.07) is 8.51. The van der Waals surface area contributed by atoms with E-state index in [0.717, 1.165) is 26.7 Å². The Balaban J connectivity index is 2.42. The molecule has 0 saturated carbocycles. The number of hydrogen-bond acceptors (Lipinski definition) is 3. The first kappa shape index (κ1) is 15.8. The Morgan fingerprint density at radius 2 is 2.15 bits per heavy atom. The summed E-state index contributed by atoms with van der Waals surface area (Å²) in [5.41, 5.74) is 2.32. The third-order valence-corrected chi connectivity index (χ3v) is 5.66. The van der Waals surface area contributed by atoms with Crippen molar-refractivity contribution in [2.45, 2.75) is 19.9 Å². The Morgan fingerprint density at radius 3 is 2.70 bits per heavy atom. The van der Waals surface area contributed by atoms with Crippen LogP contribution in [0.3, 0.4) is 0 Å². The van der Waals surface area contributed by atoms with Gasteiger partial charge in [-0.15, -0.1) is 11.3 Å². The van der Waals surface area contributed by atoms with E-state index < -0.39 is 0 Å². The van der Waals surface area contributed by atoms with E-state index in [-0.39, 0.29) is 6.04 Å². The molecule has 0 amide bonds. The first-order valence-electron chi connectivity index (χ1n) is 6.39. The van der Waals surface area contributed by atoms with Crippen LogP contribution in [0.15, 0.2) is 28.7 Å². The summed E-state index contributed by atoms with van der Waals surface area (Å²) < 4.78 is 7.14. The minimum atomic E-state index is 0.128. The van der Waals surface area contributed by atoms with Crippen LogP contribution in [0.4, 0.5) is 0 Å². The fourth-order valence-corrected chi connectivity index (χ4v) is 3.95. The van der Waals surface area contributed by atoms with Gasteiger partial charge in [-0.05, 0) is 52.7 Å². The second-order valence-corrected chi connectivity index (χ2v) is 7.03. The number of halogens is 2. The molecule has 0 fully saturated rings. The lowest BCUT2D eigenvalue weighted by molar-refractivity contribution is 0.410. The van der Waals surface area contributed by atoms with E-state index in [9.17, 15) is 0 Å². The number of aryl methyl sites for hydroxylation is 1. The summed E-state index contributed by atoms with van der Waals surface area (Å²) in [5, 5.41) is 3.50. The second-order valence-electron chi connectivity index (χ2n) is 4.49. The minimum absolute atomic E-state index is 0.128. The van der Waals surface area contributed by atoms with Crippen molar-refractivity contribution in [3.63, 3.8) is 0 Å². The van der Waals surface area contributed by atoms with Gasteiger partial charge in [-0.2, -0.15) is 0 Å². The van der Waals surface area contributed by atoms with Crippen molar-refractivity contribution in [1.29, 1.82) is 0 Å². The monoisotopic (exact) mass is 373 g/mol. The number of ether oxygens (including phenoxy) is 1. The number of methoxy groups -OCH3 is 1. The lowest BCUT2D eigenvalue weighted by Gasteiger charge is -2.18. The summed E-state index contributed by atoms with van der Waals surface area (Å²) in [7, 11) is 1.70. The molecule has 5 heteroatoms. The highest BCUT2D eigenvalue weighted by Crippen LogP contribution is 2.38. The largest absolute Gasteiger partial charge is 0.496 e. The van der Waals surface area contributed by atoms with Gasteiger partial charge in [-0.3, -0.25) is 0 Å². The number of benzene rings is 1. The first-order valence-corrected chi connectivity index (χ1v) is 8.38. The Morgan fingerprint density at radius 1 is 1.40 bits per heavy atom. The molecule has 2 nitrogen and oxygen atoms in total. The summed E-state index contributed by atoms with van der Waals surface area (Å²) in [4.78, 5) is 1.19. The van der Waals surface area contributed by atoms with E-state index in [1.54, 1.807) is 18.4 Å². The molecule has 1 aromatic carbocycles. The normalized spacial score (nSPS) is 12.4. The van der Waals surface area contributed by atoms with Crippen molar-refractivity contribution in [2.24, 2.45) is 0 Å². The minimum Gasteiger partial charge on any atom is -0.496 e. The lowest BCUT2D eigenvalue weighted by atomic mass is 10.0. The molecule has 2 aromatic rings. The van der Waals surface area contributed by atoms with Crippen LogP contribution >= 0.6 is 38.9 Å². The summed E-state index contributed by atoms with van der Waals surface area (Å²) in [6.07, 6.45) is 0. The molecule has 0 bridgehead atoms. The van der Waals surface area contributed by atoms with Gasteiger partial charge in [0.25, 0.3) is 0 Å². The van der Waals surface area contributed by atoms with Crippen molar-refractivity contribution in [2.75, 3.05) is 13.7 Å². The van der Waals surface area contributed by atoms with Gasteiger partial charge in [-0.25, -0.2) is 0 Å². The molecule has 0 spiro atoms. The van der Waals surface area contributed by atoms with Gasteiger partial charge < -0.3 is 10.1 Å².